The zero-order valence-corrected chi connectivity index (χ0v) is 11.1. The molecule has 0 bridgehead atoms. The van der Waals surface area contributed by atoms with Gasteiger partial charge in [-0.15, -0.1) is 0 Å². The third-order valence-electron chi connectivity index (χ3n) is 4.53. The highest BCUT2D eigenvalue weighted by Crippen LogP contribution is 2.42. The normalized spacial score (nSPS) is 26.6. The van der Waals surface area contributed by atoms with Gasteiger partial charge >= 0.3 is 0 Å². The van der Waals surface area contributed by atoms with Crippen LogP contribution >= 0.6 is 0 Å². The number of rotatable bonds is 1. The van der Waals surface area contributed by atoms with Crippen LogP contribution < -0.4 is 5.73 Å². The Morgan fingerprint density at radius 2 is 1.71 bits per heavy atom. The second kappa shape index (κ2) is 5.38. The molecule has 2 rings (SSSR count). The number of carbonyl (C=O) groups is 1. The van der Waals surface area contributed by atoms with Gasteiger partial charge in [-0.3, -0.25) is 4.79 Å². The van der Waals surface area contributed by atoms with Crippen LogP contribution in [-0.4, -0.2) is 29.9 Å². The molecule has 2 aliphatic rings. The van der Waals surface area contributed by atoms with Crippen LogP contribution in [0.25, 0.3) is 0 Å². The molecule has 3 heteroatoms. The Morgan fingerprint density at radius 3 is 2.29 bits per heavy atom. The summed E-state index contributed by atoms with van der Waals surface area (Å²) >= 11 is 0. The van der Waals surface area contributed by atoms with Gasteiger partial charge in [0.1, 0.15) is 0 Å². The maximum Gasteiger partial charge on any atom is 0.239 e. The van der Waals surface area contributed by atoms with Crippen molar-refractivity contribution in [1.82, 2.24) is 4.90 Å². The second-order valence-electron chi connectivity index (χ2n) is 6.07. The smallest absolute Gasteiger partial charge is 0.239 e. The molecule has 0 aromatic carbocycles. The molecule has 1 saturated heterocycles. The Morgan fingerprint density at radius 1 is 1.12 bits per heavy atom. The molecule has 98 valence electrons. The van der Waals surface area contributed by atoms with Gasteiger partial charge in [-0.2, -0.15) is 0 Å². The van der Waals surface area contributed by atoms with Crippen LogP contribution in [0.2, 0.25) is 0 Å². The molecule has 1 saturated carbocycles. The van der Waals surface area contributed by atoms with Gasteiger partial charge in [-0.1, -0.05) is 25.7 Å². The van der Waals surface area contributed by atoms with E-state index in [1.165, 1.54) is 51.4 Å². The standard InChI is InChI=1S/C14H26N2O/c1-12(15)13(17)16-10-6-9-14(11-16)7-4-2-3-5-8-14/h12H,2-11,15H2,1H3/t12-/m1/s1. The predicted octanol–water partition coefficient (Wildman–Crippen LogP) is 2.30. The Hall–Kier alpha value is -0.570. The van der Waals surface area contributed by atoms with Crippen LogP contribution in [0.4, 0.5) is 0 Å². The minimum atomic E-state index is -0.337. The number of hydrogen-bond acceptors (Lipinski definition) is 2. The lowest BCUT2D eigenvalue weighted by atomic mass is 9.74. The SMILES string of the molecule is C[C@@H](N)C(=O)N1CCCC2(CCCCCC2)C1. The number of nitrogens with two attached hydrogens (primary N) is 1. The van der Waals surface area contributed by atoms with E-state index >= 15 is 0 Å². The first kappa shape index (κ1) is 12.9. The van der Waals surface area contributed by atoms with Gasteiger partial charge in [0.25, 0.3) is 0 Å². The average molecular weight is 238 g/mol. The number of carbonyl (C=O) groups excluding carboxylic acids is 1. The molecule has 1 heterocycles. The highest BCUT2D eigenvalue weighted by molar-refractivity contribution is 5.81. The summed E-state index contributed by atoms with van der Waals surface area (Å²) < 4.78 is 0. The fourth-order valence-corrected chi connectivity index (χ4v) is 3.57. The van der Waals surface area contributed by atoms with Crippen LogP contribution in [-0.2, 0) is 4.79 Å². The van der Waals surface area contributed by atoms with Gasteiger partial charge in [-0.05, 0) is 38.0 Å². The first-order valence-corrected chi connectivity index (χ1v) is 7.17. The summed E-state index contributed by atoms with van der Waals surface area (Å²) in [5.74, 6) is 0.147. The van der Waals surface area contributed by atoms with Crippen molar-refractivity contribution in [3.05, 3.63) is 0 Å². The molecule has 1 spiro atoms. The van der Waals surface area contributed by atoms with E-state index in [1.807, 2.05) is 4.90 Å². The molecule has 1 amide bonds. The minimum absolute atomic E-state index is 0.147. The van der Waals surface area contributed by atoms with Crippen molar-refractivity contribution < 1.29 is 4.79 Å². The molecular weight excluding hydrogens is 212 g/mol. The van der Waals surface area contributed by atoms with Crippen LogP contribution in [0.3, 0.4) is 0 Å². The summed E-state index contributed by atoms with van der Waals surface area (Å²) in [6.07, 6.45) is 10.6. The van der Waals surface area contributed by atoms with Crippen LogP contribution in [0.15, 0.2) is 0 Å². The maximum atomic E-state index is 12.0. The van der Waals surface area contributed by atoms with Gasteiger partial charge < -0.3 is 10.6 Å². The predicted molar refractivity (Wildman–Crippen MR) is 69.6 cm³/mol. The van der Waals surface area contributed by atoms with E-state index in [4.69, 9.17) is 5.73 Å². The van der Waals surface area contributed by atoms with E-state index in [-0.39, 0.29) is 11.9 Å². The van der Waals surface area contributed by atoms with E-state index in [0.717, 1.165) is 13.1 Å². The van der Waals surface area contributed by atoms with Gasteiger partial charge in [-0.25, -0.2) is 0 Å². The first-order chi connectivity index (χ1) is 8.13. The fourth-order valence-electron chi connectivity index (χ4n) is 3.57. The van der Waals surface area contributed by atoms with Gasteiger partial charge in [0.2, 0.25) is 5.91 Å². The highest BCUT2D eigenvalue weighted by Gasteiger charge is 2.37. The average Bonchev–Trinajstić information content (AvgIpc) is 2.54. The molecule has 3 nitrogen and oxygen atoms in total. The molecule has 17 heavy (non-hydrogen) atoms. The topological polar surface area (TPSA) is 46.3 Å². The van der Waals surface area contributed by atoms with Gasteiger partial charge in [0, 0.05) is 13.1 Å². The number of hydrogen-bond donors (Lipinski definition) is 1. The summed E-state index contributed by atoms with van der Waals surface area (Å²) in [6, 6.07) is -0.337. The quantitative estimate of drug-likeness (QED) is 0.762. The molecule has 0 radical (unpaired) electrons. The highest BCUT2D eigenvalue weighted by atomic mass is 16.2. The summed E-state index contributed by atoms with van der Waals surface area (Å²) in [5.41, 5.74) is 6.15. The van der Waals surface area contributed by atoms with E-state index in [0.29, 0.717) is 5.41 Å². The van der Waals surface area contributed by atoms with E-state index in [2.05, 4.69) is 0 Å². The fraction of sp³-hybridized carbons (Fsp3) is 0.929. The molecular formula is C14H26N2O. The van der Waals surface area contributed by atoms with E-state index < -0.39 is 0 Å². The van der Waals surface area contributed by atoms with Crippen LogP contribution in [0, 0.1) is 5.41 Å². The van der Waals surface area contributed by atoms with Crippen molar-refractivity contribution in [2.45, 2.75) is 64.3 Å². The number of likely N-dealkylation sites (tertiary alicyclic amines) is 1. The molecule has 2 fully saturated rings. The minimum Gasteiger partial charge on any atom is -0.341 e. The third-order valence-corrected chi connectivity index (χ3v) is 4.53. The lowest BCUT2D eigenvalue weighted by Crippen LogP contribution is -2.50. The van der Waals surface area contributed by atoms with Gasteiger partial charge in [0.05, 0.1) is 6.04 Å². The molecule has 1 aliphatic carbocycles. The summed E-state index contributed by atoms with van der Waals surface area (Å²) in [4.78, 5) is 14.0. The van der Waals surface area contributed by atoms with Crippen molar-refractivity contribution in [2.75, 3.05) is 13.1 Å². The summed E-state index contributed by atoms with van der Waals surface area (Å²) in [6.45, 7) is 3.69. The maximum absolute atomic E-state index is 12.0. The third kappa shape index (κ3) is 3.01. The molecule has 1 atom stereocenters. The molecule has 0 aromatic rings. The molecule has 0 unspecified atom stereocenters. The lowest BCUT2D eigenvalue weighted by molar-refractivity contribution is -0.136. The van der Waals surface area contributed by atoms with Crippen LogP contribution in [0.5, 0.6) is 0 Å². The number of piperidine rings is 1. The number of amides is 1. The first-order valence-electron chi connectivity index (χ1n) is 7.17. The lowest BCUT2D eigenvalue weighted by Gasteiger charge is -2.43. The van der Waals surface area contributed by atoms with Crippen molar-refractivity contribution in [1.29, 1.82) is 0 Å². The Kier molecular flexibility index (Phi) is 4.08. The van der Waals surface area contributed by atoms with Crippen molar-refractivity contribution in [3.8, 4) is 0 Å². The van der Waals surface area contributed by atoms with E-state index in [9.17, 15) is 4.79 Å². The van der Waals surface area contributed by atoms with Crippen molar-refractivity contribution in [3.63, 3.8) is 0 Å². The summed E-state index contributed by atoms with van der Waals surface area (Å²) in [7, 11) is 0. The zero-order chi connectivity index (χ0) is 12.3. The van der Waals surface area contributed by atoms with Gasteiger partial charge in [0.15, 0.2) is 0 Å². The second-order valence-corrected chi connectivity index (χ2v) is 6.07. The van der Waals surface area contributed by atoms with Crippen molar-refractivity contribution >= 4 is 5.91 Å². The molecule has 2 N–H and O–H groups in total. The van der Waals surface area contributed by atoms with Crippen molar-refractivity contribution in [2.24, 2.45) is 11.1 Å². The molecule has 0 aromatic heterocycles. The molecule has 1 aliphatic heterocycles. The Balaban J connectivity index is 2.02. The number of nitrogens with zero attached hydrogens (tertiary/aromatic N) is 1. The monoisotopic (exact) mass is 238 g/mol. The van der Waals surface area contributed by atoms with Crippen LogP contribution in [0.1, 0.15) is 58.3 Å². The Labute approximate surface area is 105 Å². The largest absolute Gasteiger partial charge is 0.341 e. The zero-order valence-electron chi connectivity index (χ0n) is 11.1. The summed E-state index contributed by atoms with van der Waals surface area (Å²) in [5, 5.41) is 0. The van der Waals surface area contributed by atoms with E-state index in [1.54, 1.807) is 6.92 Å². The Bertz CT molecular complexity index is 267.